The molecule has 0 aliphatic carbocycles. The number of benzene rings is 1. The Kier molecular flexibility index (Phi) is 3.00. The van der Waals surface area contributed by atoms with Crippen LogP contribution in [0, 0.1) is 5.82 Å². The van der Waals surface area contributed by atoms with Gasteiger partial charge >= 0.3 is 0 Å². The second-order valence-corrected chi connectivity index (χ2v) is 5.02. The topological polar surface area (TPSA) is 21.3 Å². The van der Waals surface area contributed by atoms with Gasteiger partial charge in [-0.05, 0) is 38.5 Å². The zero-order chi connectivity index (χ0) is 11.8. The van der Waals surface area contributed by atoms with E-state index in [9.17, 15) is 4.39 Å². The number of hydrogen-bond donors (Lipinski definition) is 1. The highest BCUT2D eigenvalue weighted by atomic mass is 19.1. The minimum atomic E-state index is -0.209. The van der Waals surface area contributed by atoms with Gasteiger partial charge in [0.05, 0.1) is 11.7 Å². The van der Waals surface area contributed by atoms with Crippen LogP contribution >= 0.6 is 0 Å². The smallest absolute Gasteiger partial charge is 0.123 e. The van der Waals surface area contributed by atoms with Crippen LogP contribution < -0.4 is 5.32 Å². The molecule has 1 fully saturated rings. The molecule has 2 rings (SSSR count). The van der Waals surface area contributed by atoms with Gasteiger partial charge in [-0.25, -0.2) is 4.39 Å². The van der Waals surface area contributed by atoms with Gasteiger partial charge in [0, 0.05) is 12.6 Å². The normalized spacial score (nSPS) is 29.0. The van der Waals surface area contributed by atoms with E-state index in [1.54, 1.807) is 12.1 Å². The predicted octanol–water partition coefficient (Wildman–Crippen LogP) is 2.65. The van der Waals surface area contributed by atoms with Crippen molar-refractivity contribution < 1.29 is 9.13 Å². The molecule has 1 aromatic carbocycles. The van der Waals surface area contributed by atoms with E-state index in [0.717, 1.165) is 12.1 Å². The van der Waals surface area contributed by atoms with Gasteiger partial charge in [-0.1, -0.05) is 12.1 Å². The highest BCUT2D eigenvalue weighted by molar-refractivity contribution is 5.21. The van der Waals surface area contributed by atoms with Crippen molar-refractivity contribution in [1.29, 1.82) is 0 Å². The summed E-state index contributed by atoms with van der Waals surface area (Å²) >= 11 is 0. The predicted molar refractivity (Wildman–Crippen MR) is 61.8 cm³/mol. The van der Waals surface area contributed by atoms with Crippen LogP contribution in [-0.2, 0) is 4.74 Å². The Bertz CT molecular complexity index is 361. The molecule has 2 nitrogen and oxygen atoms in total. The van der Waals surface area contributed by atoms with E-state index in [-0.39, 0.29) is 23.6 Å². The summed E-state index contributed by atoms with van der Waals surface area (Å²) in [5.74, 6) is -0.209. The molecular formula is C13H18FNO. The van der Waals surface area contributed by atoms with Gasteiger partial charge < -0.3 is 10.1 Å². The van der Waals surface area contributed by atoms with Crippen molar-refractivity contribution in [1.82, 2.24) is 5.32 Å². The van der Waals surface area contributed by atoms with E-state index < -0.39 is 0 Å². The van der Waals surface area contributed by atoms with E-state index >= 15 is 0 Å². The molecule has 0 bridgehead atoms. The number of hydrogen-bond acceptors (Lipinski definition) is 2. The Morgan fingerprint density at radius 1 is 1.31 bits per heavy atom. The molecule has 0 radical (unpaired) electrons. The molecule has 2 unspecified atom stereocenters. The van der Waals surface area contributed by atoms with Gasteiger partial charge in [-0.3, -0.25) is 0 Å². The summed E-state index contributed by atoms with van der Waals surface area (Å²) in [4.78, 5) is 0. The quantitative estimate of drug-likeness (QED) is 0.790. The van der Waals surface area contributed by atoms with Gasteiger partial charge in [0.25, 0.3) is 0 Å². The minimum Gasteiger partial charge on any atom is -0.365 e. The first-order valence-corrected chi connectivity index (χ1v) is 5.65. The third kappa shape index (κ3) is 2.42. The van der Waals surface area contributed by atoms with Gasteiger partial charge in [-0.2, -0.15) is 0 Å². The number of rotatable bonds is 1. The molecule has 0 spiro atoms. The standard InChI is InChI=1S/C13H18FNO/c1-9-12(16-13(2,3)8-15-9)10-4-6-11(14)7-5-10/h4-7,9,12,15H,8H2,1-3H3. The SMILES string of the molecule is CC1NCC(C)(C)OC1c1ccc(F)cc1. The largest absolute Gasteiger partial charge is 0.365 e. The highest BCUT2D eigenvalue weighted by Gasteiger charge is 2.33. The maximum atomic E-state index is 12.8. The van der Waals surface area contributed by atoms with Crippen LogP contribution in [0.3, 0.4) is 0 Å². The zero-order valence-electron chi connectivity index (χ0n) is 9.96. The number of morpholine rings is 1. The molecule has 1 heterocycles. The molecule has 2 atom stereocenters. The van der Waals surface area contributed by atoms with Gasteiger partial charge in [0.1, 0.15) is 5.82 Å². The fourth-order valence-electron chi connectivity index (χ4n) is 2.01. The Morgan fingerprint density at radius 3 is 2.56 bits per heavy atom. The molecule has 3 heteroatoms. The molecule has 16 heavy (non-hydrogen) atoms. The second kappa shape index (κ2) is 4.15. The van der Waals surface area contributed by atoms with E-state index in [1.165, 1.54) is 12.1 Å². The summed E-state index contributed by atoms with van der Waals surface area (Å²) in [5.41, 5.74) is 0.847. The van der Waals surface area contributed by atoms with Crippen LogP contribution in [0.25, 0.3) is 0 Å². The Balaban J connectivity index is 2.21. The maximum absolute atomic E-state index is 12.8. The lowest BCUT2D eigenvalue weighted by molar-refractivity contribution is -0.114. The van der Waals surface area contributed by atoms with E-state index in [4.69, 9.17) is 4.74 Å². The van der Waals surface area contributed by atoms with Crippen molar-refractivity contribution in [2.24, 2.45) is 0 Å². The first kappa shape index (κ1) is 11.6. The van der Waals surface area contributed by atoms with Crippen LogP contribution in [0.1, 0.15) is 32.4 Å². The number of nitrogens with one attached hydrogen (secondary N) is 1. The summed E-state index contributed by atoms with van der Waals surface area (Å²) in [7, 11) is 0. The van der Waals surface area contributed by atoms with Crippen LogP contribution in [0.5, 0.6) is 0 Å². The fraction of sp³-hybridized carbons (Fsp3) is 0.538. The Morgan fingerprint density at radius 2 is 1.94 bits per heavy atom. The molecule has 1 aliphatic rings. The van der Waals surface area contributed by atoms with Gasteiger partial charge in [0.15, 0.2) is 0 Å². The van der Waals surface area contributed by atoms with Gasteiger partial charge in [-0.15, -0.1) is 0 Å². The van der Waals surface area contributed by atoms with Crippen molar-refractivity contribution in [3.05, 3.63) is 35.6 Å². The molecule has 0 aromatic heterocycles. The van der Waals surface area contributed by atoms with Crippen LogP contribution in [0.2, 0.25) is 0 Å². The van der Waals surface area contributed by atoms with Crippen molar-refractivity contribution in [3.8, 4) is 0 Å². The molecular weight excluding hydrogens is 205 g/mol. The van der Waals surface area contributed by atoms with Crippen molar-refractivity contribution in [3.63, 3.8) is 0 Å². The lowest BCUT2D eigenvalue weighted by Crippen LogP contribution is -2.51. The molecule has 0 saturated carbocycles. The molecule has 0 amide bonds. The Hall–Kier alpha value is -0.930. The van der Waals surface area contributed by atoms with Crippen LogP contribution in [-0.4, -0.2) is 18.2 Å². The average Bonchev–Trinajstić information content (AvgIpc) is 2.23. The number of ether oxygens (including phenoxy) is 1. The van der Waals surface area contributed by atoms with Crippen molar-refractivity contribution in [2.45, 2.75) is 38.5 Å². The first-order valence-electron chi connectivity index (χ1n) is 5.65. The Labute approximate surface area is 95.8 Å². The minimum absolute atomic E-state index is 0.00986. The summed E-state index contributed by atoms with van der Waals surface area (Å²) < 4.78 is 18.9. The summed E-state index contributed by atoms with van der Waals surface area (Å²) in [6, 6.07) is 6.79. The molecule has 1 N–H and O–H groups in total. The summed E-state index contributed by atoms with van der Waals surface area (Å²) in [6.45, 7) is 7.04. The van der Waals surface area contributed by atoms with E-state index in [0.29, 0.717) is 0 Å². The number of halogens is 1. The average molecular weight is 223 g/mol. The summed E-state index contributed by atoms with van der Waals surface area (Å²) in [5, 5.41) is 3.42. The van der Waals surface area contributed by atoms with Crippen molar-refractivity contribution in [2.75, 3.05) is 6.54 Å². The zero-order valence-corrected chi connectivity index (χ0v) is 9.96. The maximum Gasteiger partial charge on any atom is 0.123 e. The van der Waals surface area contributed by atoms with E-state index in [1.807, 2.05) is 0 Å². The third-order valence-corrected chi connectivity index (χ3v) is 2.95. The monoisotopic (exact) mass is 223 g/mol. The summed E-state index contributed by atoms with van der Waals surface area (Å²) in [6.07, 6.45) is -0.00986. The first-order chi connectivity index (χ1) is 7.48. The fourth-order valence-corrected chi connectivity index (χ4v) is 2.01. The molecule has 1 saturated heterocycles. The van der Waals surface area contributed by atoms with Gasteiger partial charge in [0.2, 0.25) is 0 Å². The third-order valence-electron chi connectivity index (χ3n) is 2.95. The molecule has 1 aromatic rings. The lowest BCUT2D eigenvalue weighted by atomic mass is 9.97. The van der Waals surface area contributed by atoms with Crippen LogP contribution in [0.4, 0.5) is 4.39 Å². The van der Waals surface area contributed by atoms with Crippen LogP contribution in [0.15, 0.2) is 24.3 Å². The van der Waals surface area contributed by atoms with E-state index in [2.05, 4.69) is 26.1 Å². The highest BCUT2D eigenvalue weighted by Crippen LogP contribution is 2.30. The second-order valence-electron chi connectivity index (χ2n) is 5.02. The lowest BCUT2D eigenvalue weighted by Gasteiger charge is -2.41. The molecule has 88 valence electrons. The molecule has 1 aliphatic heterocycles. The van der Waals surface area contributed by atoms with Crippen molar-refractivity contribution >= 4 is 0 Å².